The summed E-state index contributed by atoms with van der Waals surface area (Å²) in [5.74, 6) is -4.93. The summed E-state index contributed by atoms with van der Waals surface area (Å²) in [5, 5.41) is 10.8. The minimum Gasteiger partial charge on any atom is -0.478 e. The van der Waals surface area contributed by atoms with Crippen molar-refractivity contribution in [3.63, 3.8) is 0 Å². The van der Waals surface area contributed by atoms with Gasteiger partial charge in [0.2, 0.25) is 5.91 Å². The second-order valence-corrected chi connectivity index (χ2v) is 7.03. The van der Waals surface area contributed by atoms with E-state index in [9.17, 15) is 33.1 Å². The molecular weight excluding hydrogens is 436 g/mol. The number of hydrogen-bond donors (Lipinski definition) is 2. The molecule has 2 rings (SSSR count). The molecule has 31 heavy (non-hydrogen) atoms. The highest BCUT2D eigenvalue weighted by atomic mass is 32.2. The maximum Gasteiger partial charge on any atom is 0.372 e. The number of rotatable bonds is 7. The molecule has 8 nitrogen and oxygen atoms in total. The smallest absolute Gasteiger partial charge is 0.372 e. The second-order valence-electron chi connectivity index (χ2n) is 6.08. The molecule has 0 unspecified atom stereocenters. The Hall–Kier alpha value is -3.47. The van der Waals surface area contributed by atoms with E-state index in [1.807, 2.05) is 0 Å². The van der Waals surface area contributed by atoms with Crippen LogP contribution in [0.5, 0.6) is 5.75 Å². The van der Waals surface area contributed by atoms with Gasteiger partial charge >= 0.3 is 17.2 Å². The molecule has 0 heterocycles. The lowest BCUT2D eigenvalue weighted by Crippen LogP contribution is -2.42. The van der Waals surface area contributed by atoms with Crippen LogP contribution in [0.3, 0.4) is 0 Å². The van der Waals surface area contributed by atoms with Gasteiger partial charge in [-0.3, -0.25) is 4.79 Å². The number of carbonyl (C=O) groups is 4. The lowest BCUT2D eigenvalue weighted by molar-refractivity contribution is -0.144. The van der Waals surface area contributed by atoms with Crippen LogP contribution < -0.4 is 10.1 Å². The Kier molecular flexibility index (Phi) is 8.08. The van der Waals surface area contributed by atoms with Gasteiger partial charge < -0.3 is 19.9 Å². The molecule has 0 radical (unpaired) electrons. The van der Waals surface area contributed by atoms with Crippen molar-refractivity contribution < 1.29 is 42.5 Å². The first-order valence-electron chi connectivity index (χ1n) is 8.64. The van der Waals surface area contributed by atoms with Crippen molar-refractivity contribution in [3.05, 3.63) is 53.6 Å². The summed E-state index contributed by atoms with van der Waals surface area (Å²) in [5.41, 5.74) is -0.326. The zero-order valence-corrected chi connectivity index (χ0v) is 17.1. The molecule has 0 aromatic heterocycles. The first-order chi connectivity index (χ1) is 14.6. The summed E-state index contributed by atoms with van der Waals surface area (Å²) in [4.78, 5) is 46.5. The third-order valence-corrected chi connectivity index (χ3v) is 4.70. The van der Waals surface area contributed by atoms with E-state index in [1.54, 1.807) is 0 Å². The van der Waals surface area contributed by atoms with Crippen LogP contribution in [0.4, 0.5) is 13.6 Å². The zero-order chi connectivity index (χ0) is 23.1. The van der Waals surface area contributed by atoms with Crippen LogP contribution in [-0.2, 0) is 14.3 Å². The largest absolute Gasteiger partial charge is 0.478 e. The summed E-state index contributed by atoms with van der Waals surface area (Å²) >= 11 is 0.519. The second kappa shape index (κ2) is 10.5. The number of carbonyl (C=O) groups excluding carboxylic acids is 3. The van der Waals surface area contributed by atoms with Gasteiger partial charge in [0, 0.05) is 24.3 Å². The summed E-state index contributed by atoms with van der Waals surface area (Å²) in [6.07, 6.45) is 0. The van der Waals surface area contributed by atoms with E-state index in [1.165, 1.54) is 13.0 Å². The maximum atomic E-state index is 14.0. The lowest BCUT2D eigenvalue weighted by Gasteiger charge is -2.15. The van der Waals surface area contributed by atoms with Crippen molar-refractivity contribution >= 4 is 34.9 Å². The molecular formula is C20H17F2NO7S. The van der Waals surface area contributed by atoms with Crippen molar-refractivity contribution in [1.82, 2.24) is 5.32 Å². The molecule has 0 spiro atoms. The predicted octanol–water partition coefficient (Wildman–Crippen LogP) is 3.24. The number of halogens is 2. The normalized spacial score (nSPS) is 11.4. The first-order valence-corrected chi connectivity index (χ1v) is 9.63. The fourth-order valence-corrected chi connectivity index (χ4v) is 3.17. The van der Waals surface area contributed by atoms with Crippen LogP contribution in [0.15, 0.2) is 36.4 Å². The number of nitrogens with one attached hydrogen (secondary N) is 1. The fourth-order valence-electron chi connectivity index (χ4n) is 2.50. The molecule has 0 aliphatic rings. The van der Waals surface area contributed by atoms with Crippen LogP contribution >= 0.6 is 11.8 Å². The summed E-state index contributed by atoms with van der Waals surface area (Å²) in [7, 11) is 1.12. The van der Waals surface area contributed by atoms with E-state index < -0.39 is 46.4 Å². The molecule has 0 aliphatic carbocycles. The monoisotopic (exact) mass is 453 g/mol. The van der Waals surface area contributed by atoms with Crippen molar-refractivity contribution in [2.45, 2.75) is 13.0 Å². The number of benzene rings is 2. The van der Waals surface area contributed by atoms with E-state index in [-0.39, 0.29) is 22.6 Å². The van der Waals surface area contributed by atoms with Gasteiger partial charge in [-0.15, -0.1) is 0 Å². The van der Waals surface area contributed by atoms with Crippen molar-refractivity contribution in [2.75, 3.05) is 12.9 Å². The summed E-state index contributed by atoms with van der Waals surface area (Å²) in [6.45, 7) is 1.18. The van der Waals surface area contributed by atoms with E-state index in [0.717, 1.165) is 31.4 Å². The summed E-state index contributed by atoms with van der Waals surface area (Å²) < 4.78 is 36.7. The number of hydrogen-bond acceptors (Lipinski definition) is 7. The van der Waals surface area contributed by atoms with E-state index in [2.05, 4.69) is 10.1 Å². The van der Waals surface area contributed by atoms with E-state index in [0.29, 0.717) is 17.8 Å². The van der Waals surface area contributed by atoms with Crippen LogP contribution in [-0.4, -0.2) is 47.2 Å². The minimum atomic E-state index is -1.44. The molecule has 2 aromatic rings. The minimum absolute atomic E-state index is 0.0348. The van der Waals surface area contributed by atoms with Crippen molar-refractivity contribution in [3.8, 4) is 16.9 Å². The van der Waals surface area contributed by atoms with Gasteiger partial charge in [0.15, 0.2) is 0 Å². The third kappa shape index (κ3) is 6.51. The number of carboxylic acids is 1. The molecule has 0 aliphatic heterocycles. The fraction of sp³-hybridized carbons (Fsp3) is 0.200. The maximum absolute atomic E-state index is 14.0. The van der Waals surface area contributed by atoms with Gasteiger partial charge in [0.1, 0.15) is 29.0 Å². The van der Waals surface area contributed by atoms with Crippen molar-refractivity contribution in [1.29, 1.82) is 0 Å². The molecule has 1 amide bonds. The van der Waals surface area contributed by atoms with Gasteiger partial charge in [-0.2, -0.15) is 0 Å². The molecule has 0 saturated carbocycles. The standard InChI is InChI=1S/C20H17F2NO7S/c1-10(24)23-16(19(27)29-2)9-31-20(28)30-17-6-3-11(7-14(17)18(25)26)13-5-4-12(21)8-15(13)22/h3-8,16H,9H2,1-2H3,(H,23,24)(H,25,26)/t16-/m0/s1. The molecule has 0 saturated heterocycles. The molecule has 2 aromatic carbocycles. The van der Waals surface area contributed by atoms with Gasteiger partial charge in [0.05, 0.1) is 7.11 Å². The van der Waals surface area contributed by atoms with Gasteiger partial charge in [0.25, 0.3) is 0 Å². The highest BCUT2D eigenvalue weighted by Crippen LogP contribution is 2.30. The highest BCUT2D eigenvalue weighted by molar-refractivity contribution is 8.13. The quantitative estimate of drug-likeness (QED) is 0.614. The first kappa shape index (κ1) is 23.8. The number of thioether (sulfide) groups is 1. The van der Waals surface area contributed by atoms with Crippen LogP contribution in [0, 0.1) is 11.6 Å². The topological polar surface area (TPSA) is 119 Å². The van der Waals surface area contributed by atoms with Crippen LogP contribution in [0.25, 0.3) is 11.1 Å². The number of aromatic carboxylic acids is 1. The van der Waals surface area contributed by atoms with E-state index >= 15 is 0 Å². The Morgan fingerprint density at radius 1 is 1.13 bits per heavy atom. The Labute approximate surface area is 179 Å². The molecule has 164 valence electrons. The number of carboxylic acid groups (broad SMARTS) is 1. The molecule has 2 N–H and O–H groups in total. The Morgan fingerprint density at radius 3 is 2.42 bits per heavy atom. The summed E-state index contributed by atoms with van der Waals surface area (Å²) in [6, 6.07) is 5.28. The lowest BCUT2D eigenvalue weighted by atomic mass is 10.0. The number of esters is 1. The highest BCUT2D eigenvalue weighted by Gasteiger charge is 2.23. The number of methoxy groups -OCH3 is 1. The van der Waals surface area contributed by atoms with Gasteiger partial charge in [-0.1, -0.05) is 6.07 Å². The zero-order valence-electron chi connectivity index (χ0n) is 16.3. The third-order valence-electron chi connectivity index (χ3n) is 3.88. The number of amides is 1. The number of ether oxygens (including phenoxy) is 2. The Balaban J connectivity index is 2.18. The Bertz CT molecular complexity index is 1030. The predicted molar refractivity (Wildman–Crippen MR) is 107 cm³/mol. The Morgan fingerprint density at radius 2 is 1.84 bits per heavy atom. The van der Waals surface area contributed by atoms with E-state index in [4.69, 9.17) is 4.74 Å². The van der Waals surface area contributed by atoms with Gasteiger partial charge in [-0.05, 0) is 41.6 Å². The average molecular weight is 453 g/mol. The molecule has 0 fully saturated rings. The molecule has 0 bridgehead atoms. The van der Waals surface area contributed by atoms with Crippen molar-refractivity contribution in [2.24, 2.45) is 0 Å². The SMILES string of the molecule is COC(=O)[C@H](CSC(=O)Oc1ccc(-c2ccc(F)cc2F)cc1C(=O)O)NC(C)=O. The average Bonchev–Trinajstić information content (AvgIpc) is 2.70. The van der Waals surface area contributed by atoms with Crippen LogP contribution in [0.1, 0.15) is 17.3 Å². The van der Waals surface area contributed by atoms with Crippen LogP contribution in [0.2, 0.25) is 0 Å². The van der Waals surface area contributed by atoms with Gasteiger partial charge in [-0.25, -0.2) is 23.2 Å². The molecule has 11 heteroatoms. The molecule has 1 atom stereocenters.